The quantitative estimate of drug-likeness (QED) is 0.759. The van der Waals surface area contributed by atoms with Crippen LogP contribution in [0.25, 0.3) is 11.0 Å². The summed E-state index contributed by atoms with van der Waals surface area (Å²) in [6.07, 6.45) is -0.686. The van der Waals surface area contributed by atoms with Crippen molar-refractivity contribution in [2.75, 3.05) is 6.61 Å². The van der Waals surface area contributed by atoms with Crippen LogP contribution in [0.3, 0.4) is 0 Å². The first-order chi connectivity index (χ1) is 11.1. The zero-order valence-corrected chi connectivity index (χ0v) is 13.4. The molecule has 1 aromatic heterocycles. The summed E-state index contributed by atoms with van der Waals surface area (Å²) in [6.45, 7) is 2.50. The number of aliphatic hydroxyl groups is 1. The van der Waals surface area contributed by atoms with Crippen LogP contribution < -0.4 is 10.4 Å². The molecule has 3 rings (SSSR count). The van der Waals surface area contributed by atoms with E-state index in [1.807, 2.05) is 67.1 Å². The van der Waals surface area contributed by atoms with E-state index in [1.165, 1.54) is 0 Å². The van der Waals surface area contributed by atoms with E-state index in [0.29, 0.717) is 12.2 Å². The molecule has 0 spiro atoms. The molecule has 2 aromatic carbocycles. The van der Waals surface area contributed by atoms with E-state index in [2.05, 4.69) is 0 Å². The minimum absolute atomic E-state index is 0.195. The van der Waals surface area contributed by atoms with Crippen LogP contribution in [0.15, 0.2) is 48.5 Å². The number of hydrogen-bond acceptors (Lipinski definition) is 3. The fourth-order valence-corrected chi connectivity index (χ4v) is 2.74. The number of nitrogens with zero attached hydrogens (tertiary/aromatic N) is 2. The third-order valence-corrected chi connectivity index (χ3v) is 4.03. The Balaban J connectivity index is 1.76. The standard InChI is InChI=1S/C18H21N3O2/c1-13-7-3-6-10-17(13)23-12-14(22)11-21-16-9-5-4-8-15(16)20(2)18(21)19/h3-10,14,19,22H,11-12H2,1-2H3/t14-/m0/s1. The van der Waals surface area contributed by atoms with Gasteiger partial charge in [-0.1, -0.05) is 30.3 Å². The average molecular weight is 311 g/mol. The molecule has 0 bridgehead atoms. The summed E-state index contributed by atoms with van der Waals surface area (Å²) >= 11 is 0. The number of aromatic nitrogens is 2. The lowest BCUT2D eigenvalue weighted by atomic mass is 10.2. The molecule has 5 heteroatoms. The lowest BCUT2D eigenvalue weighted by molar-refractivity contribution is 0.0918. The van der Waals surface area contributed by atoms with Crippen molar-refractivity contribution in [1.29, 1.82) is 5.41 Å². The zero-order chi connectivity index (χ0) is 16.4. The number of imidazole rings is 1. The first-order valence-electron chi connectivity index (χ1n) is 7.63. The Labute approximate surface area is 134 Å². The minimum atomic E-state index is -0.686. The highest BCUT2D eigenvalue weighted by Gasteiger charge is 2.13. The maximum Gasteiger partial charge on any atom is 0.202 e. The fraction of sp³-hybridized carbons (Fsp3) is 0.278. The topological polar surface area (TPSA) is 63.2 Å². The molecule has 0 fully saturated rings. The highest BCUT2D eigenvalue weighted by atomic mass is 16.5. The van der Waals surface area contributed by atoms with Gasteiger partial charge in [-0.25, -0.2) is 0 Å². The summed E-state index contributed by atoms with van der Waals surface area (Å²) in [5.74, 6) is 0.778. The molecule has 0 aliphatic rings. The Kier molecular flexibility index (Phi) is 4.21. The molecule has 0 aliphatic carbocycles. The smallest absolute Gasteiger partial charge is 0.202 e. The van der Waals surface area contributed by atoms with Crippen LogP contribution in [-0.4, -0.2) is 27.0 Å². The number of benzene rings is 2. The maximum absolute atomic E-state index is 10.3. The van der Waals surface area contributed by atoms with Crippen LogP contribution in [0.1, 0.15) is 5.56 Å². The molecule has 23 heavy (non-hydrogen) atoms. The Morgan fingerprint density at radius 1 is 1.09 bits per heavy atom. The van der Waals surface area contributed by atoms with Crippen molar-refractivity contribution >= 4 is 11.0 Å². The molecule has 0 saturated heterocycles. The van der Waals surface area contributed by atoms with E-state index in [0.717, 1.165) is 22.3 Å². The van der Waals surface area contributed by atoms with Gasteiger partial charge < -0.3 is 19.0 Å². The summed E-state index contributed by atoms with van der Waals surface area (Å²) in [6, 6.07) is 15.6. The summed E-state index contributed by atoms with van der Waals surface area (Å²) in [5.41, 5.74) is 3.32. The van der Waals surface area contributed by atoms with Crippen molar-refractivity contribution in [2.24, 2.45) is 7.05 Å². The van der Waals surface area contributed by atoms with Crippen molar-refractivity contribution in [3.8, 4) is 5.75 Å². The summed E-state index contributed by atoms with van der Waals surface area (Å²) in [5, 5.41) is 18.5. The van der Waals surface area contributed by atoms with Gasteiger partial charge in [-0.05, 0) is 30.7 Å². The largest absolute Gasteiger partial charge is 0.491 e. The molecule has 1 heterocycles. The molecular formula is C18H21N3O2. The van der Waals surface area contributed by atoms with Crippen molar-refractivity contribution in [2.45, 2.75) is 19.6 Å². The molecule has 5 nitrogen and oxygen atoms in total. The second-order valence-electron chi connectivity index (χ2n) is 5.71. The third kappa shape index (κ3) is 3.00. The minimum Gasteiger partial charge on any atom is -0.491 e. The Hall–Kier alpha value is -2.53. The lowest BCUT2D eigenvalue weighted by Crippen LogP contribution is -2.30. The third-order valence-electron chi connectivity index (χ3n) is 4.03. The molecule has 0 aliphatic heterocycles. The normalized spacial score (nSPS) is 12.5. The van der Waals surface area contributed by atoms with E-state index in [4.69, 9.17) is 10.1 Å². The number of ether oxygens (including phenoxy) is 1. The molecule has 0 unspecified atom stereocenters. The summed E-state index contributed by atoms with van der Waals surface area (Å²) in [7, 11) is 1.86. The van der Waals surface area contributed by atoms with Gasteiger partial charge in [0.2, 0.25) is 5.62 Å². The molecule has 0 amide bonds. The van der Waals surface area contributed by atoms with Crippen molar-refractivity contribution in [1.82, 2.24) is 9.13 Å². The summed E-state index contributed by atoms with van der Waals surface area (Å²) in [4.78, 5) is 0. The average Bonchev–Trinajstić information content (AvgIpc) is 2.80. The van der Waals surface area contributed by atoms with Crippen LogP contribution in [-0.2, 0) is 13.6 Å². The van der Waals surface area contributed by atoms with E-state index in [-0.39, 0.29) is 6.61 Å². The second kappa shape index (κ2) is 6.30. The van der Waals surface area contributed by atoms with E-state index < -0.39 is 6.10 Å². The number of para-hydroxylation sites is 3. The number of hydrogen-bond donors (Lipinski definition) is 2. The lowest BCUT2D eigenvalue weighted by Gasteiger charge is -2.14. The van der Waals surface area contributed by atoms with Gasteiger partial charge in [-0.3, -0.25) is 5.41 Å². The first kappa shape index (κ1) is 15.4. The van der Waals surface area contributed by atoms with Crippen molar-refractivity contribution in [3.63, 3.8) is 0 Å². The Morgan fingerprint density at radius 2 is 1.74 bits per heavy atom. The number of fused-ring (bicyclic) bond motifs is 1. The summed E-state index contributed by atoms with van der Waals surface area (Å²) < 4.78 is 9.31. The molecule has 3 aromatic rings. The molecule has 120 valence electrons. The van der Waals surface area contributed by atoms with Gasteiger partial charge in [0.05, 0.1) is 17.6 Å². The van der Waals surface area contributed by atoms with Crippen LogP contribution in [0.2, 0.25) is 0 Å². The zero-order valence-electron chi connectivity index (χ0n) is 13.4. The number of aliphatic hydroxyl groups excluding tert-OH is 1. The SMILES string of the molecule is Cc1ccccc1OC[C@@H](O)Cn1c(=N)n(C)c2ccccc21. The number of nitrogens with one attached hydrogen (secondary N) is 1. The predicted molar refractivity (Wildman–Crippen MR) is 89.4 cm³/mol. The molecule has 2 N–H and O–H groups in total. The predicted octanol–water partition coefficient (Wildman–Crippen LogP) is 2.21. The second-order valence-corrected chi connectivity index (χ2v) is 5.71. The van der Waals surface area contributed by atoms with E-state index in [1.54, 1.807) is 4.57 Å². The van der Waals surface area contributed by atoms with Gasteiger partial charge in [0.25, 0.3) is 0 Å². The van der Waals surface area contributed by atoms with Gasteiger partial charge in [-0.2, -0.15) is 0 Å². The van der Waals surface area contributed by atoms with E-state index >= 15 is 0 Å². The monoisotopic (exact) mass is 311 g/mol. The Morgan fingerprint density at radius 3 is 2.48 bits per heavy atom. The van der Waals surface area contributed by atoms with Crippen molar-refractivity contribution < 1.29 is 9.84 Å². The highest BCUT2D eigenvalue weighted by molar-refractivity contribution is 5.75. The molecule has 1 atom stereocenters. The molecule has 0 saturated carbocycles. The molecule has 0 radical (unpaired) electrons. The molecular weight excluding hydrogens is 290 g/mol. The Bertz CT molecular complexity index is 879. The van der Waals surface area contributed by atoms with Crippen LogP contribution in [0.5, 0.6) is 5.75 Å². The van der Waals surface area contributed by atoms with Gasteiger partial charge in [-0.15, -0.1) is 0 Å². The van der Waals surface area contributed by atoms with E-state index in [9.17, 15) is 5.11 Å². The van der Waals surface area contributed by atoms with Gasteiger partial charge >= 0.3 is 0 Å². The van der Waals surface area contributed by atoms with Crippen LogP contribution >= 0.6 is 0 Å². The first-order valence-corrected chi connectivity index (χ1v) is 7.63. The van der Waals surface area contributed by atoms with Gasteiger partial charge in [0, 0.05) is 7.05 Å². The van der Waals surface area contributed by atoms with Crippen LogP contribution in [0, 0.1) is 12.3 Å². The van der Waals surface area contributed by atoms with Gasteiger partial charge in [0.1, 0.15) is 18.5 Å². The fourth-order valence-electron chi connectivity index (χ4n) is 2.74. The maximum atomic E-state index is 10.3. The number of aryl methyl sites for hydroxylation is 2. The highest BCUT2D eigenvalue weighted by Crippen LogP contribution is 2.17. The number of rotatable bonds is 5. The van der Waals surface area contributed by atoms with Crippen LogP contribution in [0.4, 0.5) is 0 Å². The van der Waals surface area contributed by atoms with Gasteiger partial charge in [0.15, 0.2) is 0 Å². The van der Waals surface area contributed by atoms with Crippen molar-refractivity contribution in [3.05, 3.63) is 59.7 Å².